The molecule has 0 spiro atoms. The largest absolute Gasteiger partial charge is 0.493 e. The van der Waals surface area contributed by atoms with Crippen molar-refractivity contribution < 1.29 is 28.9 Å². The quantitative estimate of drug-likeness (QED) is 0.415. The molecule has 0 saturated carbocycles. The SMILES string of the molecule is COc1ccc(CN2CCN(Cc3ccc(C(=O)O)cc3NC(=O)c3ccccc3)CC2)c(OC)c1OC. The van der Waals surface area contributed by atoms with Crippen molar-refractivity contribution in [2.24, 2.45) is 0 Å². The number of nitrogens with zero attached hydrogens (tertiary/aromatic N) is 2. The number of hydrogen-bond acceptors (Lipinski definition) is 7. The monoisotopic (exact) mass is 519 g/mol. The molecule has 0 aromatic heterocycles. The Bertz CT molecular complexity index is 1270. The number of aromatic carboxylic acids is 1. The third-order valence-corrected chi connectivity index (χ3v) is 6.68. The highest BCUT2D eigenvalue weighted by molar-refractivity contribution is 6.05. The summed E-state index contributed by atoms with van der Waals surface area (Å²) in [6, 6.07) is 17.6. The molecular weight excluding hydrogens is 486 g/mol. The predicted octanol–water partition coefficient (Wildman–Crippen LogP) is 3.98. The molecule has 0 radical (unpaired) electrons. The number of carbonyl (C=O) groups excluding carboxylic acids is 1. The minimum Gasteiger partial charge on any atom is -0.493 e. The van der Waals surface area contributed by atoms with Crippen LogP contribution in [-0.2, 0) is 13.1 Å². The van der Waals surface area contributed by atoms with Crippen molar-refractivity contribution in [2.75, 3.05) is 52.8 Å². The fourth-order valence-corrected chi connectivity index (χ4v) is 4.62. The van der Waals surface area contributed by atoms with Crippen molar-refractivity contribution in [3.63, 3.8) is 0 Å². The summed E-state index contributed by atoms with van der Waals surface area (Å²) < 4.78 is 16.5. The summed E-state index contributed by atoms with van der Waals surface area (Å²) in [5, 5.41) is 12.4. The molecule has 200 valence electrons. The van der Waals surface area contributed by atoms with Crippen molar-refractivity contribution in [2.45, 2.75) is 13.1 Å². The lowest BCUT2D eigenvalue weighted by atomic mass is 10.1. The van der Waals surface area contributed by atoms with Crippen LogP contribution >= 0.6 is 0 Å². The first kappa shape index (κ1) is 27.0. The van der Waals surface area contributed by atoms with Crippen molar-refractivity contribution >= 4 is 17.6 Å². The number of amides is 1. The lowest BCUT2D eigenvalue weighted by Gasteiger charge is -2.35. The Kier molecular flexibility index (Phi) is 8.83. The summed E-state index contributed by atoms with van der Waals surface area (Å²) in [7, 11) is 4.83. The lowest BCUT2D eigenvalue weighted by molar-refractivity contribution is 0.0696. The van der Waals surface area contributed by atoms with Crippen molar-refractivity contribution in [1.82, 2.24) is 9.80 Å². The number of carboxylic acid groups (broad SMARTS) is 1. The van der Waals surface area contributed by atoms with Gasteiger partial charge in [-0.1, -0.05) is 30.3 Å². The summed E-state index contributed by atoms with van der Waals surface area (Å²) in [6.45, 7) is 4.64. The molecule has 1 saturated heterocycles. The average molecular weight is 520 g/mol. The number of rotatable bonds is 10. The van der Waals surface area contributed by atoms with E-state index in [0.29, 0.717) is 41.6 Å². The van der Waals surface area contributed by atoms with Gasteiger partial charge in [0.25, 0.3) is 5.91 Å². The molecule has 3 aromatic rings. The highest BCUT2D eigenvalue weighted by atomic mass is 16.5. The highest BCUT2D eigenvalue weighted by Crippen LogP contribution is 2.40. The minimum absolute atomic E-state index is 0.130. The molecule has 3 aromatic carbocycles. The van der Waals surface area contributed by atoms with Gasteiger partial charge in [0, 0.05) is 56.1 Å². The first-order valence-corrected chi connectivity index (χ1v) is 12.4. The van der Waals surface area contributed by atoms with E-state index in [2.05, 4.69) is 15.1 Å². The molecule has 1 aliphatic heterocycles. The van der Waals surface area contributed by atoms with Crippen LogP contribution in [0.1, 0.15) is 31.8 Å². The Morgan fingerprint density at radius 3 is 1.95 bits per heavy atom. The van der Waals surface area contributed by atoms with Crippen LogP contribution in [0.3, 0.4) is 0 Å². The molecule has 0 bridgehead atoms. The number of ether oxygens (including phenoxy) is 3. The molecular formula is C29H33N3O6. The Hall–Kier alpha value is -4.08. The van der Waals surface area contributed by atoms with E-state index in [9.17, 15) is 14.7 Å². The van der Waals surface area contributed by atoms with Gasteiger partial charge in [-0.2, -0.15) is 0 Å². The van der Waals surface area contributed by atoms with Gasteiger partial charge in [0.1, 0.15) is 0 Å². The normalized spacial score (nSPS) is 14.1. The molecule has 1 heterocycles. The zero-order valence-electron chi connectivity index (χ0n) is 21.9. The van der Waals surface area contributed by atoms with Gasteiger partial charge >= 0.3 is 5.97 Å². The van der Waals surface area contributed by atoms with Crippen molar-refractivity contribution in [3.8, 4) is 17.2 Å². The Balaban J connectivity index is 1.43. The van der Waals surface area contributed by atoms with Crippen LogP contribution in [0.25, 0.3) is 0 Å². The number of carboxylic acids is 1. The number of methoxy groups -OCH3 is 3. The van der Waals surface area contributed by atoms with Crippen molar-refractivity contribution in [1.29, 1.82) is 0 Å². The summed E-state index contributed by atoms with van der Waals surface area (Å²) >= 11 is 0. The smallest absolute Gasteiger partial charge is 0.335 e. The average Bonchev–Trinajstić information content (AvgIpc) is 2.94. The standard InChI is InChI=1S/C29H33N3O6/c1-36-25-12-11-23(26(37-2)27(25)38-3)19-32-15-13-31(14-16-32)18-22-10-9-21(29(34)35)17-24(22)30-28(33)20-7-5-4-6-8-20/h4-12,17H,13-16,18-19H2,1-3H3,(H,30,33)(H,34,35). The maximum atomic E-state index is 12.8. The molecule has 9 heteroatoms. The van der Waals surface area contributed by atoms with Gasteiger partial charge in [-0.25, -0.2) is 4.79 Å². The van der Waals surface area contributed by atoms with E-state index in [1.165, 1.54) is 6.07 Å². The molecule has 4 rings (SSSR count). The van der Waals surface area contributed by atoms with Crippen LogP contribution in [-0.4, -0.2) is 74.3 Å². The number of anilines is 1. The van der Waals surface area contributed by atoms with E-state index in [1.807, 2.05) is 18.2 Å². The van der Waals surface area contributed by atoms with Crippen LogP contribution in [0.4, 0.5) is 5.69 Å². The number of carbonyl (C=O) groups is 2. The van der Waals surface area contributed by atoms with Gasteiger partial charge in [-0.15, -0.1) is 0 Å². The first-order valence-electron chi connectivity index (χ1n) is 12.4. The maximum absolute atomic E-state index is 12.8. The number of nitrogens with one attached hydrogen (secondary N) is 1. The molecule has 0 atom stereocenters. The third-order valence-electron chi connectivity index (χ3n) is 6.68. The fourth-order valence-electron chi connectivity index (χ4n) is 4.62. The predicted molar refractivity (Wildman–Crippen MR) is 144 cm³/mol. The molecule has 9 nitrogen and oxygen atoms in total. The van der Waals surface area contributed by atoms with E-state index in [4.69, 9.17) is 14.2 Å². The van der Waals surface area contributed by atoms with E-state index in [0.717, 1.165) is 37.3 Å². The molecule has 1 fully saturated rings. The van der Waals surface area contributed by atoms with Gasteiger partial charge in [-0.3, -0.25) is 14.6 Å². The van der Waals surface area contributed by atoms with E-state index in [1.54, 1.807) is 57.7 Å². The minimum atomic E-state index is -1.04. The highest BCUT2D eigenvalue weighted by Gasteiger charge is 2.22. The second-order valence-corrected chi connectivity index (χ2v) is 9.04. The second kappa shape index (κ2) is 12.4. The van der Waals surface area contributed by atoms with Gasteiger partial charge < -0.3 is 24.6 Å². The van der Waals surface area contributed by atoms with Gasteiger partial charge in [0.2, 0.25) is 5.75 Å². The van der Waals surface area contributed by atoms with Crippen LogP contribution in [0, 0.1) is 0 Å². The number of hydrogen-bond donors (Lipinski definition) is 2. The summed E-state index contributed by atoms with van der Waals surface area (Å²) in [4.78, 5) is 29.0. The van der Waals surface area contributed by atoms with Gasteiger partial charge in [0.15, 0.2) is 11.5 Å². The van der Waals surface area contributed by atoms with Gasteiger partial charge in [0.05, 0.1) is 26.9 Å². The fraction of sp³-hybridized carbons (Fsp3) is 0.310. The molecule has 0 unspecified atom stereocenters. The summed E-state index contributed by atoms with van der Waals surface area (Å²) in [5.41, 5.74) is 3.04. The second-order valence-electron chi connectivity index (χ2n) is 9.04. The van der Waals surface area contributed by atoms with E-state index in [-0.39, 0.29) is 11.5 Å². The molecule has 38 heavy (non-hydrogen) atoms. The summed E-state index contributed by atoms with van der Waals surface area (Å²) in [6.07, 6.45) is 0. The van der Waals surface area contributed by atoms with E-state index < -0.39 is 5.97 Å². The third kappa shape index (κ3) is 6.24. The molecule has 0 aliphatic carbocycles. The van der Waals surface area contributed by atoms with Crippen LogP contribution in [0.5, 0.6) is 17.2 Å². The zero-order valence-corrected chi connectivity index (χ0v) is 21.9. The van der Waals surface area contributed by atoms with Gasteiger partial charge in [-0.05, 0) is 35.9 Å². The Morgan fingerprint density at radius 2 is 1.37 bits per heavy atom. The molecule has 1 amide bonds. The van der Waals surface area contributed by atoms with Crippen LogP contribution in [0.2, 0.25) is 0 Å². The molecule has 1 aliphatic rings. The maximum Gasteiger partial charge on any atom is 0.335 e. The molecule has 2 N–H and O–H groups in total. The number of piperazine rings is 1. The number of benzene rings is 3. The summed E-state index contributed by atoms with van der Waals surface area (Å²) in [5.74, 6) is 0.573. The van der Waals surface area contributed by atoms with E-state index >= 15 is 0 Å². The first-order chi connectivity index (χ1) is 18.4. The van der Waals surface area contributed by atoms with Crippen molar-refractivity contribution in [3.05, 3.63) is 82.9 Å². The Morgan fingerprint density at radius 1 is 0.763 bits per heavy atom. The van der Waals surface area contributed by atoms with Crippen LogP contribution in [0.15, 0.2) is 60.7 Å². The zero-order chi connectivity index (χ0) is 27.1. The topological polar surface area (TPSA) is 101 Å². The Labute approximate surface area is 222 Å². The van der Waals surface area contributed by atoms with Crippen LogP contribution < -0.4 is 19.5 Å². The lowest BCUT2D eigenvalue weighted by Crippen LogP contribution is -2.45.